The number of aromatic nitrogens is 2. The number of nitrogens with zero attached hydrogens (tertiary/aromatic N) is 2. The summed E-state index contributed by atoms with van der Waals surface area (Å²) >= 11 is 0. The van der Waals surface area contributed by atoms with Crippen LogP contribution < -0.4 is 15.4 Å². The van der Waals surface area contributed by atoms with Gasteiger partial charge in [-0.3, -0.25) is 0 Å². The molecule has 128 valence electrons. The van der Waals surface area contributed by atoms with Crippen molar-refractivity contribution in [2.45, 2.75) is 20.4 Å². The third-order valence-electron chi connectivity index (χ3n) is 3.60. The van der Waals surface area contributed by atoms with Gasteiger partial charge < -0.3 is 15.4 Å². The highest BCUT2D eigenvalue weighted by atomic mass is 16.5. The maximum atomic E-state index is 5.64. The van der Waals surface area contributed by atoms with Gasteiger partial charge in [0.05, 0.1) is 12.3 Å². The van der Waals surface area contributed by atoms with Gasteiger partial charge in [0.2, 0.25) is 5.95 Å². The van der Waals surface area contributed by atoms with E-state index in [2.05, 4.69) is 32.7 Å². The zero-order chi connectivity index (χ0) is 17.5. The van der Waals surface area contributed by atoms with E-state index in [1.165, 1.54) is 5.56 Å². The topological polar surface area (TPSA) is 59.1 Å². The molecule has 1 heterocycles. The number of ether oxygens (including phenoxy) is 1. The average Bonchev–Trinajstić information content (AvgIpc) is 2.62. The Kier molecular flexibility index (Phi) is 5.46. The van der Waals surface area contributed by atoms with Crippen molar-refractivity contribution >= 4 is 17.5 Å². The molecule has 1 aromatic heterocycles. The molecule has 0 bridgehead atoms. The molecule has 0 aliphatic carbocycles. The zero-order valence-electron chi connectivity index (χ0n) is 14.5. The number of para-hydroxylation sites is 2. The number of rotatable bonds is 7. The Morgan fingerprint density at radius 3 is 2.52 bits per heavy atom. The lowest BCUT2D eigenvalue weighted by Crippen LogP contribution is -2.06. The Hall–Kier alpha value is -3.08. The van der Waals surface area contributed by atoms with E-state index in [0.717, 1.165) is 22.9 Å². The van der Waals surface area contributed by atoms with E-state index in [0.29, 0.717) is 19.1 Å². The molecule has 0 saturated heterocycles. The van der Waals surface area contributed by atoms with Crippen LogP contribution in [0.1, 0.15) is 18.2 Å². The molecule has 3 rings (SSSR count). The lowest BCUT2D eigenvalue weighted by molar-refractivity contribution is 0.342. The molecule has 2 N–H and O–H groups in total. The third-order valence-corrected chi connectivity index (χ3v) is 3.60. The number of hydrogen-bond donors (Lipinski definition) is 2. The van der Waals surface area contributed by atoms with E-state index >= 15 is 0 Å². The summed E-state index contributed by atoms with van der Waals surface area (Å²) in [4.78, 5) is 9.02. The van der Waals surface area contributed by atoms with Crippen LogP contribution in [-0.4, -0.2) is 16.6 Å². The summed E-state index contributed by atoms with van der Waals surface area (Å²) in [5.74, 6) is 2.12. The van der Waals surface area contributed by atoms with E-state index < -0.39 is 0 Å². The Morgan fingerprint density at radius 2 is 1.72 bits per heavy atom. The van der Waals surface area contributed by atoms with Gasteiger partial charge in [-0.1, -0.05) is 42.5 Å². The highest BCUT2D eigenvalue weighted by Crippen LogP contribution is 2.26. The van der Waals surface area contributed by atoms with Gasteiger partial charge >= 0.3 is 0 Å². The van der Waals surface area contributed by atoms with E-state index in [4.69, 9.17) is 4.74 Å². The maximum Gasteiger partial charge on any atom is 0.229 e. The highest BCUT2D eigenvalue weighted by molar-refractivity contribution is 5.63. The SMILES string of the molecule is CCOc1ccccc1Nc1nc(C)cc(NCc2ccccc2)n1. The highest BCUT2D eigenvalue weighted by Gasteiger charge is 2.07. The first-order chi connectivity index (χ1) is 12.2. The first-order valence-electron chi connectivity index (χ1n) is 8.37. The van der Waals surface area contributed by atoms with Crippen LogP contribution in [0.5, 0.6) is 5.75 Å². The number of aryl methyl sites for hydroxylation is 1. The van der Waals surface area contributed by atoms with E-state index in [1.807, 2.05) is 62.4 Å². The number of hydrogen-bond acceptors (Lipinski definition) is 5. The van der Waals surface area contributed by atoms with E-state index in [1.54, 1.807) is 0 Å². The normalized spacial score (nSPS) is 10.3. The lowest BCUT2D eigenvalue weighted by Gasteiger charge is -2.13. The Bertz CT molecular complexity index is 821. The molecule has 0 spiro atoms. The number of anilines is 3. The van der Waals surface area contributed by atoms with Crippen LogP contribution in [0.4, 0.5) is 17.5 Å². The average molecular weight is 334 g/mol. The molecule has 0 radical (unpaired) electrons. The molecule has 25 heavy (non-hydrogen) atoms. The molecular formula is C20H22N4O. The van der Waals surface area contributed by atoms with Crippen molar-refractivity contribution in [2.75, 3.05) is 17.2 Å². The molecule has 5 heteroatoms. The standard InChI is InChI=1S/C20H22N4O/c1-3-25-18-12-8-7-11-17(18)23-20-22-15(2)13-19(24-20)21-14-16-9-5-4-6-10-16/h4-13H,3,14H2,1-2H3,(H2,21,22,23,24). The van der Waals surface area contributed by atoms with Gasteiger partial charge in [-0.2, -0.15) is 4.98 Å². The fraction of sp³-hybridized carbons (Fsp3) is 0.200. The summed E-state index contributed by atoms with van der Waals surface area (Å²) in [6.07, 6.45) is 0. The Morgan fingerprint density at radius 1 is 0.960 bits per heavy atom. The van der Waals surface area contributed by atoms with Crippen LogP contribution in [0.25, 0.3) is 0 Å². The second-order valence-electron chi connectivity index (χ2n) is 5.61. The van der Waals surface area contributed by atoms with Gasteiger partial charge in [0.25, 0.3) is 0 Å². The molecule has 3 aromatic rings. The first kappa shape index (κ1) is 16.8. The Labute approximate surface area is 148 Å². The predicted octanol–water partition coefficient (Wildman–Crippen LogP) is 4.54. The van der Waals surface area contributed by atoms with Crippen LogP contribution in [0, 0.1) is 6.92 Å². The fourth-order valence-electron chi connectivity index (χ4n) is 2.48. The third kappa shape index (κ3) is 4.70. The molecule has 0 aliphatic heterocycles. The zero-order valence-corrected chi connectivity index (χ0v) is 14.5. The molecule has 0 fully saturated rings. The predicted molar refractivity (Wildman–Crippen MR) is 101 cm³/mol. The molecule has 0 unspecified atom stereocenters. The summed E-state index contributed by atoms with van der Waals surface area (Å²) in [7, 11) is 0. The van der Waals surface area contributed by atoms with Gasteiger partial charge in [-0.15, -0.1) is 0 Å². The summed E-state index contributed by atoms with van der Waals surface area (Å²) < 4.78 is 5.64. The van der Waals surface area contributed by atoms with Crippen molar-refractivity contribution < 1.29 is 4.74 Å². The Balaban J connectivity index is 1.75. The van der Waals surface area contributed by atoms with Crippen LogP contribution in [0.2, 0.25) is 0 Å². The summed E-state index contributed by atoms with van der Waals surface area (Å²) in [5.41, 5.74) is 2.95. The van der Waals surface area contributed by atoms with Gasteiger partial charge in [-0.25, -0.2) is 4.98 Å². The molecule has 2 aromatic carbocycles. The maximum absolute atomic E-state index is 5.64. The van der Waals surface area contributed by atoms with Crippen LogP contribution in [-0.2, 0) is 6.54 Å². The fourth-order valence-corrected chi connectivity index (χ4v) is 2.48. The smallest absolute Gasteiger partial charge is 0.229 e. The monoisotopic (exact) mass is 334 g/mol. The molecule has 0 amide bonds. The van der Waals surface area contributed by atoms with Crippen molar-refractivity contribution in [3.05, 3.63) is 71.9 Å². The van der Waals surface area contributed by atoms with Crippen molar-refractivity contribution in [2.24, 2.45) is 0 Å². The molecule has 0 aliphatic rings. The van der Waals surface area contributed by atoms with E-state index in [-0.39, 0.29) is 0 Å². The van der Waals surface area contributed by atoms with Gasteiger partial charge in [0.15, 0.2) is 0 Å². The quantitative estimate of drug-likeness (QED) is 0.664. The molecule has 0 atom stereocenters. The summed E-state index contributed by atoms with van der Waals surface area (Å²) in [5, 5.41) is 6.59. The van der Waals surface area contributed by atoms with Crippen molar-refractivity contribution in [3.63, 3.8) is 0 Å². The molecule has 0 saturated carbocycles. The van der Waals surface area contributed by atoms with Crippen LogP contribution >= 0.6 is 0 Å². The second kappa shape index (κ2) is 8.15. The van der Waals surface area contributed by atoms with Crippen LogP contribution in [0.3, 0.4) is 0 Å². The lowest BCUT2D eigenvalue weighted by atomic mass is 10.2. The summed E-state index contributed by atoms with van der Waals surface area (Å²) in [6.45, 7) is 5.24. The van der Waals surface area contributed by atoms with E-state index in [9.17, 15) is 0 Å². The van der Waals surface area contributed by atoms with Crippen molar-refractivity contribution in [1.29, 1.82) is 0 Å². The second-order valence-corrected chi connectivity index (χ2v) is 5.61. The first-order valence-corrected chi connectivity index (χ1v) is 8.37. The largest absolute Gasteiger partial charge is 0.492 e. The number of nitrogens with one attached hydrogen (secondary N) is 2. The molecular weight excluding hydrogens is 312 g/mol. The van der Waals surface area contributed by atoms with Crippen LogP contribution in [0.15, 0.2) is 60.7 Å². The number of benzene rings is 2. The minimum atomic E-state index is 0.544. The van der Waals surface area contributed by atoms with Gasteiger partial charge in [0, 0.05) is 18.3 Å². The minimum Gasteiger partial charge on any atom is -0.492 e. The van der Waals surface area contributed by atoms with Crippen molar-refractivity contribution in [1.82, 2.24) is 9.97 Å². The van der Waals surface area contributed by atoms with Gasteiger partial charge in [0.1, 0.15) is 11.6 Å². The summed E-state index contributed by atoms with van der Waals surface area (Å²) in [6, 6.07) is 19.9. The molecule has 5 nitrogen and oxygen atoms in total. The van der Waals surface area contributed by atoms with Gasteiger partial charge in [-0.05, 0) is 31.5 Å². The van der Waals surface area contributed by atoms with Crippen molar-refractivity contribution in [3.8, 4) is 5.75 Å². The minimum absolute atomic E-state index is 0.544.